The fourth-order valence-corrected chi connectivity index (χ4v) is 6.19. The molecule has 33 heavy (non-hydrogen) atoms. The zero-order valence-corrected chi connectivity index (χ0v) is 20.2. The third-order valence-corrected chi connectivity index (χ3v) is 8.01. The Bertz CT molecular complexity index is 1430. The van der Waals surface area contributed by atoms with Crippen LogP contribution in [0.3, 0.4) is 0 Å². The summed E-state index contributed by atoms with van der Waals surface area (Å²) in [6.07, 6.45) is 1.48. The summed E-state index contributed by atoms with van der Waals surface area (Å²) in [5.41, 5.74) is 4.31. The Balaban J connectivity index is 1.77. The SMILES string of the molecule is Cc1ccccc1[C@H]1CC(c2ccc(NS(C)(=O)=O)cc2)=NN1S(=O)(=O)c1ccccc1C. The van der Waals surface area contributed by atoms with Gasteiger partial charge in [-0.05, 0) is 54.3 Å². The molecule has 1 atom stereocenters. The Labute approximate surface area is 194 Å². The van der Waals surface area contributed by atoms with Crippen molar-refractivity contribution in [1.29, 1.82) is 0 Å². The van der Waals surface area contributed by atoms with Crippen LogP contribution in [-0.2, 0) is 20.0 Å². The van der Waals surface area contributed by atoms with Crippen molar-refractivity contribution in [2.75, 3.05) is 11.0 Å². The van der Waals surface area contributed by atoms with Gasteiger partial charge in [-0.2, -0.15) is 17.9 Å². The van der Waals surface area contributed by atoms with Crippen molar-refractivity contribution in [3.8, 4) is 0 Å². The summed E-state index contributed by atoms with van der Waals surface area (Å²) in [7, 11) is -7.29. The number of benzene rings is 3. The second-order valence-corrected chi connectivity index (χ2v) is 11.6. The van der Waals surface area contributed by atoms with Gasteiger partial charge in [-0.3, -0.25) is 4.72 Å². The molecule has 0 spiro atoms. The first-order valence-corrected chi connectivity index (χ1v) is 13.7. The average Bonchev–Trinajstić information content (AvgIpc) is 3.20. The van der Waals surface area contributed by atoms with E-state index in [1.165, 1.54) is 4.41 Å². The van der Waals surface area contributed by atoms with Gasteiger partial charge < -0.3 is 0 Å². The van der Waals surface area contributed by atoms with Gasteiger partial charge in [0.05, 0.1) is 22.9 Å². The molecular weight excluding hydrogens is 458 g/mol. The number of nitrogens with zero attached hydrogens (tertiary/aromatic N) is 2. The zero-order chi connectivity index (χ0) is 23.8. The lowest BCUT2D eigenvalue weighted by molar-refractivity contribution is 0.370. The number of sulfonamides is 2. The predicted octanol–water partition coefficient (Wildman–Crippen LogP) is 4.21. The van der Waals surface area contributed by atoms with Gasteiger partial charge in [0.1, 0.15) is 0 Å². The lowest BCUT2D eigenvalue weighted by atomic mass is 9.96. The smallest absolute Gasteiger partial charge is 0.279 e. The van der Waals surface area contributed by atoms with Gasteiger partial charge in [-0.1, -0.05) is 54.6 Å². The number of hydrogen-bond donors (Lipinski definition) is 1. The van der Waals surface area contributed by atoms with Crippen molar-refractivity contribution in [2.24, 2.45) is 5.10 Å². The van der Waals surface area contributed by atoms with E-state index in [1.54, 1.807) is 55.5 Å². The van der Waals surface area contributed by atoms with Gasteiger partial charge in [0.15, 0.2) is 0 Å². The molecule has 3 aromatic carbocycles. The van der Waals surface area contributed by atoms with E-state index in [0.29, 0.717) is 23.4 Å². The summed E-state index contributed by atoms with van der Waals surface area (Å²) in [6.45, 7) is 3.72. The van der Waals surface area contributed by atoms with E-state index in [-0.39, 0.29) is 4.90 Å². The molecule has 0 saturated heterocycles. The van der Waals surface area contributed by atoms with E-state index in [4.69, 9.17) is 0 Å². The molecule has 1 heterocycles. The molecule has 1 aliphatic heterocycles. The molecule has 0 saturated carbocycles. The van der Waals surface area contributed by atoms with Crippen LogP contribution in [0, 0.1) is 13.8 Å². The van der Waals surface area contributed by atoms with E-state index in [0.717, 1.165) is 22.9 Å². The first-order chi connectivity index (χ1) is 15.6. The van der Waals surface area contributed by atoms with Crippen LogP contribution in [0.5, 0.6) is 0 Å². The molecule has 1 aliphatic rings. The number of aryl methyl sites for hydroxylation is 2. The van der Waals surface area contributed by atoms with Gasteiger partial charge >= 0.3 is 0 Å². The third-order valence-electron chi connectivity index (χ3n) is 5.56. The maximum absolute atomic E-state index is 13.7. The standard InChI is InChI=1S/C24H25N3O4S2/c1-17-8-4-6-10-21(17)23-16-22(19-12-14-20(15-13-19)26-32(3,28)29)25-27(23)33(30,31)24-11-7-5-9-18(24)2/h4-15,23,26H,16H2,1-3H3/t23-/m1/s1. The van der Waals surface area contributed by atoms with Crippen molar-refractivity contribution >= 4 is 31.4 Å². The molecule has 0 fully saturated rings. The molecule has 0 amide bonds. The van der Waals surface area contributed by atoms with E-state index in [1.807, 2.05) is 31.2 Å². The summed E-state index contributed by atoms with van der Waals surface area (Å²) in [5, 5.41) is 4.57. The number of hydrogen-bond acceptors (Lipinski definition) is 5. The highest BCUT2D eigenvalue weighted by Crippen LogP contribution is 2.39. The summed E-state index contributed by atoms with van der Waals surface area (Å²) < 4.78 is 54.0. The minimum absolute atomic E-state index is 0.223. The van der Waals surface area contributed by atoms with Crippen LogP contribution in [-0.4, -0.2) is 33.2 Å². The van der Waals surface area contributed by atoms with E-state index in [2.05, 4.69) is 9.82 Å². The minimum Gasteiger partial charge on any atom is -0.284 e. The first-order valence-electron chi connectivity index (χ1n) is 10.4. The molecular formula is C24H25N3O4S2. The van der Waals surface area contributed by atoms with E-state index < -0.39 is 26.1 Å². The topological polar surface area (TPSA) is 95.9 Å². The second kappa shape index (κ2) is 8.64. The molecule has 0 unspecified atom stereocenters. The van der Waals surface area contributed by atoms with Crippen molar-refractivity contribution in [3.63, 3.8) is 0 Å². The summed E-state index contributed by atoms with van der Waals surface area (Å²) in [6, 6.07) is 20.8. The molecule has 1 N–H and O–H groups in total. The van der Waals surface area contributed by atoms with Crippen molar-refractivity contribution < 1.29 is 16.8 Å². The van der Waals surface area contributed by atoms with Gasteiger partial charge in [-0.15, -0.1) is 0 Å². The van der Waals surface area contributed by atoms with Crippen molar-refractivity contribution in [1.82, 2.24) is 4.41 Å². The Morgan fingerprint density at radius 2 is 1.45 bits per heavy atom. The van der Waals surface area contributed by atoms with Crippen LogP contribution < -0.4 is 4.72 Å². The van der Waals surface area contributed by atoms with Crippen LogP contribution >= 0.6 is 0 Å². The number of nitrogens with one attached hydrogen (secondary N) is 1. The fourth-order valence-electron chi connectivity index (χ4n) is 3.97. The zero-order valence-electron chi connectivity index (χ0n) is 18.6. The summed E-state index contributed by atoms with van der Waals surface area (Å²) in [4.78, 5) is 0.223. The minimum atomic E-state index is -3.90. The molecule has 0 radical (unpaired) electrons. The highest BCUT2D eigenvalue weighted by Gasteiger charge is 2.38. The molecule has 0 aliphatic carbocycles. The predicted molar refractivity (Wildman–Crippen MR) is 130 cm³/mol. The largest absolute Gasteiger partial charge is 0.284 e. The molecule has 4 rings (SSSR count). The van der Waals surface area contributed by atoms with Gasteiger partial charge in [0, 0.05) is 12.1 Å². The van der Waals surface area contributed by atoms with Gasteiger partial charge in [-0.25, -0.2) is 8.42 Å². The highest BCUT2D eigenvalue weighted by atomic mass is 32.2. The highest BCUT2D eigenvalue weighted by molar-refractivity contribution is 7.92. The van der Waals surface area contributed by atoms with Crippen LogP contribution in [0.4, 0.5) is 5.69 Å². The Kier molecular flexibility index (Phi) is 6.02. The number of anilines is 1. The molecule has 0 bridgehead atoms. The lowest BCUT2D eigenvalue weighted by Crippen LogP contribution is -2.28. The molecule has 3 aromatic rings. The van der Waals surface area contributed by atoms with Crippen molar-refractivity contribution in [3.05, 3.63) is 95.1 Å². The van der Waals surface area contributed by atoms with E-state index >= 15 is 0 Å². The lowest BCUT2D eigenvalue weighted by Gasteiger charge is -2.25. The van der Waals surface area contributed by atoms with Crippen molar-refractivity contribution in [2.45, 2.75) is 31.2 Å². The van der Waals surface area contributed by atoms with Gasteiger partial charge in [0.25, 0.3) is 10.0 Å². The van der Waals surface area contributed by atoms with E-state index in [9.17, 15) is 16.8 Å². The van der Waals surface area contributed by atoms with Crippen LogP contribution in [0.2, 0.25) is 0 Å². The third kappa shape index (κ3) is 4.79. The average molecular weight is 484 g/mol. The maximum Gasteiger partial charge on any atom is 0.279 e. The quantitative estimate of drug-likeness (QED) is 0.568. The number of rotatable bonds is 6. The first kappa shape index (κ1) is 23.0. The van der Waals surface area contributed by atoms with Crippen LogP contribution in [0.15, 0.2) is 82.8 Å². The fraction of sp³-hybridized carbons (Fsp3) is 0.208. The maximum atomic E-state index is 13.7. The number of hydrazone groups is 1. The Morgan fingerprint density at radius 1 is 0.848 bits per heavy atom. The van der Waals surface area contributed by atoms with Crippen LogP contribution in [0.1, 0.15) is 34.7 Å². The normalized spacial score (nSPS) is 16.5. The molecule has 9 heteroatoms. The molecule has 0 aromatic heterocycles. The summed E-state index contributed by atoms with van der Waals surface area (Å²) >= 11 is 0. The monoisotopic (exact) mass is 483 g/mol. The second-order valence-electron chi connectivity index (χ2n) is 8.12. The van der Waals surface area contributed by atoms with Crippen LogP contribution in [0.25, 0.3) is 0 Å². The summed E-state index contributed by atoms with van der Waals surface area (Å²) in [5.74, 6) is 0. The Hall–Kier alpha value is -3.17. The molecule has 7 nitrogen and oxygen atoms in total. The van der Waals surface area contributed by atoms with Gasteiger partial charge in [0.2, 0.25) is 10.0 Å². The molecule has 172 valence electrons. The Morgan fingerprint density at radius 3 is 2.06 bits per heavy atom.